The third kappa shape index (κ3) is 10.1. The van der Waals surface area contributed by atoms with Crippen LogP contribution < -0.4 is 5.32 Å². The molecule has 0 aliphatic carbocycles. The highest BCUT2D eigenvalue weighted by Crippen LogP contribution is 2.48. The smallest absolute Gasteiger partial charge is 0.383 e. The molecule has 0 radical (unpaired) electrons. The maximum absolute atomic E-state index is 11.9. The fourth-order valence-electron chi connectivity index (χ4n) is 1.63. The zero-order valence-electron chi connectivity index (χ0n) is 15.3. The maximum atomic E-state index is 11.9. The van der Waals surface area contributed by atoms with Crippen molar-refractivity contribution < 1.29 is 28.4 Å². The van der Waals surface area contributed by atoms with Crippen LogP contribution in [0.15, 0.2) is 0 Å². The van der Waals surface area contributed by atoms with Gasteiger partial charge in [-0.05, 0) is 33.1 Å². The van der Waals surface area contributed by atoms with Gasteiger partial charge in [-0.3, -0.25) is 13.8 Å². The molecule has 2 unspecified atom stereocenters. The van der Waals surface area contributed by atoms with Crippen LogP contribution in [0.5, 0.6) is 0 Å². The van der Waals surface area contributed by atoms with Crippen LogP contribution in [-0.2, 0) is 18.4 Å². The Morgan fingerprint density at radius 3 is 2.17 bits per heavy atom. The quantitative estimate of drug-likeness (QED) is 0.550. The van der Waals surface area contributed by atoms with Gasteiger partial charge >= 0.3 is 7.82 Å². The minimum atomic E-state index is -4.26. The molecule has 7 nitrogen and oxygen atoms in total. The van der Waals surface area contributed by atoms with E-state index in [4.69, 9.17) is 9.05 Å². The van der Waals surface area contributed by atoms with Crippen LogP contribution in [0.4, 0.5) is 0 Å². The lowest BCUT2D eigenvalue weighted by Gasteiger charge is -2.31. The first-order valence-corrected chi connectivity index (χ1v) is 9.30. The number of aliphatic hydroxyl groups excluding tert-OH is 1. The number of amides is 1. The van der Waals surface area contributed by atoms with Crippen molar-refractivity contribution >= 4 is 13.7 Å². The summed E-state index contributed by atoms with van der Waals surface area (Å²) in [5.74, 6) is -0.0811. The first-order valence-electron chi connectivity index (χ1n) is 7.80. The maximum Gasteiger partial charge on any atom is 0.472 e. The molecule has 138 valence electrons. The fourth-order valence-corrected chi connectivity index (χ4v) is 2.88. The van der Waals surface area contributed by atoms with Gasteiger partial charge in [0.25, 0.3) is 0 Å². The van der Waals surface area contributed by atoms with E-state index in [2.05, 4.69) is 5.32 Å². The fraction of sp³-hybridized carbons (Fsp3) is 0.933. The van der Waals surface area contributed by atoms with Crippen LogP contribution in [0.2, 0.25) is 0 Å². The Morgan fingerprint density at radius 2 is 1.74 bits per heavy atom. The zero-order valence-corrected chi connectivity index (χ0v) is 16.1. The molecular weight excluding hydrogens is 321 g/mol. The van der Waals surface area contributed by atoms with E-state index in [0.717, 1.165) is 6.42 Å². The zero-order chi connectivity index (χ0) is 18.5. The molecule has 0 aliphatic heterocycles. The third-order valence-corrected chi connectivity index (χ3v) is 4.23. The molecule has 0 bridgehead atoms. The van der Waals surface area contributed by atoms with E-state index < -0.39 is 30.8 Å². The lowest BCUT2D eigenvalue weighted by Crippen LogP contribution is -2.46. The van der Waals surface area contributed by atoms with E-state index in [0.29, 0.717) is 12.5 Å². The van der Waals surface area contributed by atoms with Crippen molar-refractivity contribution in [1.29, 1.82) is 0 Å². The largest absolute Gasteiger partial charge is 0.472 e. The van der Waals surface area contributed by atoms with Gasteiger partial charge in [0.15, 0.2) is 0 Å². The molecule has 0 aromatic rings. The highest BCUT2D eigenvalue weighted by molar-refractivity contribution is 7.47. The normalized spacial score (nSPS) is 17.0. The Balaban J connectivity index is 4.55. The molecule has 0 heterocycles. The topological polar surface area (TPSA) is 105 Å². The van der Waals surface area contributed by atoms with Crippen LogP contribution in [0.1, 0.15) is 54.9 Å². The van der Waals surface area contributed by atoms with Gasteiger partial charge in [-0.1, -0.05) is 27.7 Å². The summed E-state index contributed by atoms with van der Waals surface area (Å²) >= 11 is 0. The van der Waals surface area contributed by atoms with E-state index in [-0.39, 0.29) is 6.61 Å². The average Bonchev–Trinajstić information content (AvgIpc) is 2.32. The Morgan fingerprint density at radius 1 is 1.22 bits per heavy atom. The molecule has 3 N–H and O–H groups in total. The van der Waals surface area contributed by atoms with Crippen molar-refractivity contribution in [2.75, 3.05) is 13.2 Å². The number of nitrogens with one attached hydrogen (secondary N) is 1. The van der Waals surface area contributed by atoms with Crippen molar-refractivity contribution in [2.24, 2.45) is 11.3 Å². The summed E-state index contributed by atoms with van der Waals surface area (Å²) in [5, 5.41) is 12.8. The van der Waals surface area contributed by atoms with Gasteiger partial charge in [0.2, 0.25) is 5.91 Å². The first-order chi connectivity index (χ1) is 10.2. The molecule has 0 saturated carbocycles. The van der Waals surface area contributed by atoms with Crippen LogP contribution in [0.3, 0.4) is 0 Å². The van der Waals surface area contributed by atoms with Crippen molar-refractivity contribution in [2.45, 2.75) is 66.6 Å². The number of aliphatic hydroxyl groups is 1. The molecule has 0 aromatic heterocycles. The monoisotopic (exact) mass is 353 g/mol. The number of carbonyl (C=O) groups excluding carboxylic acids is 1. The van der Waals surface area contributed by atoms with Gasteiger partial charge in [0.1, 0.15) is 6.10 Å². The summed E-state index contributed by atoms with van der Waals surface area (Å²) in [6, 6.07) is 0. The van der Waals surface area contributed by atoms with Crippen LogP contribution in [0.25, 0.3) is 0 Å². The third-order valence-electron chi connectivity index (χ3n) is 3.00. The lowest BCUT2D eigenvalue weighted by molar-refractivity contribution is -0.137. The SMILES string of the molecule is CC(C)CCNC(=O)C(O)C(C)(C)COP(=O)(O)OC(C)(C)C. The summed E-state index contributed by atoms with van der Waals surface area (Å²) < 4.78 is 21.7. The van der Waals surface area contributed by atoms with E-state index in [1.54, 1.807) is 34.6 Å². The van der Waals surface area contributed by atoms with Crippen LogP contribution >= 0.6 is 7.82 Å². The van der Waals surface area contributed by atoms with Crippen molar-refractivity contribution in [3.63, 3.8) is 0 Å². The highest BCUT2D eigenvalue weighted by Gasteiger charge is 2.37. The van der Waals surface area contributed by atoms with Gasteiger partial charge in [0, 0.05) is 12.0 Å². The second-order valence-corrected chi connectivity index (χ2v) is 9.19. The number of hydrogen-bond acceptors (Lipinski definition) is 5. The van der Waals surface area contributed by atoms with Crippen molar-refractivity contribution in [1.82, 2.24) is 5.32 Å². The Labute approximate surface area is 139 Å². The molecule has 0 rings (SSSR count). The molecule has 2 atom stereocenters. The highest BCUT2D eigenvalue weighted by atomic mass is 31.2. The summed E-state index contributed by atoms with van der Waals surface area (Å²) in [5.41, 5.74) is -1.89. The number of phosphoric ester groups is 1. The molecule has 0 saturated heterocycles. The summed E-state index contributed by atoms with van der Waals surface area (Å²) in [6.45, 7) is 12.3. The molecular formula is C15H32NO6P. The predicted octanol–water partition coefficient (Wildman–Crippen LogP) is 2.47. The molecule has 0 aliphatic rings. The van der Waals surface area contributed by atoms with Crippen LogP contribution in [0, 0.1) is 11.3 Å². The lowest BCUT2D eigenvalue weighted by atomic mass is 9.87. The van der Waals surface area contributed by atoms with Gasteiger partial charge < -0.3 is 15.3 Å². The number of rotatable bonds is 9. The molecule has 0 fully saturated rings. The summed E-state index contributed by atoms with van der Waals surface area (Å²) in [7, 11) is -4.26. The standard InChI is InChI=1S/C15H32NO6P/c1-11(2)8-9-16-13(18)12(17)15(6,7)10-21-23(19,20)22-14(3,4)5/h11-12,17H,8-10H2,1-7H3,(H,16,18)(H,19,20). The molecule has 0 spiro atoms. The Bertz CT molecular complexity index is 430. The van der Waals surface area contributed by atoms with E-state index in [9.17, 15) is 19.4 Å². The molecule has 8 heteroatoms. The Hall–Kier alpha value is -0.460. The number of carbonyl (C=O) groups is 1. The minimum absolute atomic E-state index is 0.296. The minimum Gasteiger partial charge on any atom is -0.383 e. The van der Waals surface area contributed by atoms with Crippen molar-refractivity contribution in [3.8, 4) is 0 Å². The van der Waals surface area contributed by atoms with Crippen molar-refractivity contribution in [3.05, 3.63) is 0 Å². The second-order valence-electron chi connectivity index (χ2n) is 7.81. The second kappa shape index (κ2) is 8.58. The molecule has 0 aromatic carbocycles. The van der Waals surface area contributed by atoms with Gasteiger partial charge in [-0.2, -0.15) is 0 Å². The van der Waals surface area contributed by atoms with Gasteiger partial charge in [-0.15, -0.1) is 0 Å². The Kier molecular flexibility index (Phi) is 8.41. The van der Waals surface area contributed by atoms with Gasteiger partial charge in [-0.25, -0.2) is 4.57 Å². The number of phosphoric acid groups is 1. The van der Waals surface area contributed by atoms with Gasteiger partial charge in [0.05, 0.1) is 12.2 Å². The molecule has 1 amide bonds. The first kappa shape index (κ1) is 22.5. The van der Waals surface area contributed by atoms with E-state index in [1.165, 1.54) is 0 Å². The summed E-state index contributed by atoms with van der Waals surface area (Å²) in [6.07, 6.45) is -0.551. The summed E-state index contributed by atoms with van der Waals surface area (Å²) in [4.78, 5) is 21.6. The number of hydrogen-bond donors (Lipinski definition) is 3. The van der Waals surface area contributed by atoms with E-state index in [1.807, 2.05) is 13.8 Å². The average molecular weight is 353 g/mol. The van der Waals surface area contributed by atoms with Crippen LogP contribution in [-0.4, -0.2) is 40.8 Å². The molecule has 23 heavy (non-hydrogen) atoms. The van der Waals surface area contributed by atoms with E-state index >= 15 is 0 Å². The predicted molar refractivity (Wildman–Crippen MR) is 88.9 cm³/mol.